The van der Waals surface area contributed by atoms with Crippen LogP contribution < -0.4 is 5.32 Å². The van der Waals surface area contributed by atoms with Crippen LogP contribution in [0.25, 0.3) is 0 Å². The van der Waals surface area contributed by atoms with Gasteiger partial charge in [-0.25, -0.2) is 9.97 Å². The molecule has 2 rings (SSSR count). The maximum absolute atomic E-state index is 12.8. The van der Waals surface area contributed by atoms with Crippen molar-refractivity contribution < 1.29 is 13.2 Å². The van der Waals surface area contributed by atoms with Crippen molar-refractivity contribution in [1.29, 1.82) is 0 Å². The highest BCUT2D eigenvalue weighted by atomic mass is 19.4. The number of hydrogen-bond acceptors (Lipinski definition) is 3. The summed E-state index contributed by atoms with van der Waals surface area (Å²) in [5.41, 5.74) is 0.730. The smallest absolute Gasteiger partial charge is 0.379 e. The maximum atomic E-state index is 12.8. The molecule has 1 heterocycles. The number of aryl methyl sites for hydroxylation is 2. The largest absolute Gasteiger partial charge is 0.416 e. The minimum absolute atomic E-state index is 0.209. The van der Waals surface area contributed by atoms with Gasteiger partial charge in [-0.3, -0.25) is 0 Å². The van der Waals surface area contributed by atoms with Crippen molar-refractivity contribution in [2.45, 2.75) is 26.6 Å². The molecular formula is C14H14F3N3. The van der Waals surface area contributed by atoms with Crippen molar-refractivity contribution in [1.82, 2.24) is 9.97 Å². The number of alkyl halides is 3. The third kappa shape index (κ3) is 3.46. The minimum atomic E-state index is -4.34. The Bertz CT molecular complexity index is 609. The topological polar surface area (TPSA) is 37.8 Å². The van der Waals surface area contributed by atoms with Crippen LogP contribution in [-0.2, 0) is 12.7 Å². The number of halogens is 3. The Morgan fingerprint density at radius 3 is 2.55 bits per heavy atom. The zero-order chi connectivity index (χ0) is 14.8. The molecule has 0 aliphatic carbocycles. The van der Waals surface area contributed by atoms with Crippen LogP contribution in [0.4, 0.5) is 18.9 Å². The van der Waals surface area contributed by atoms with E-state index in [1.807, 2.05) is 0 Å². The average Bonchev–Trinajstić information content (AvgIpc) is 2.36. The van der Waals surface area contributed by atoms with Gasteiger partial charge < -0.3 is 5.32 Å². The van der Waals surface area contributed by atoms with E-state index in [1.54, 1.807) is 25.3 Å². The molecule has 2 aromatic rings. The van der Waals surface area contributed by atoms with Crippen LogP contribution in [0.5, 0.6) is 0 Å². The van der Waals surface area contributed by atoms with Crippen LogP contribution in [0.1, 0.15) is 22.6 Å². The lowest BCUT2D eigenvalue weighted by Crippen LogP contribution is -2.09. The van der Waals surface area contributed by atoms with Gasteiger partial charge in [0.25, 0.3) is 0 Å². The van der Waals surface area contributed by atoms with Crippen LogP contribution in [0.3, 0.4) is 0 Å². The van der Waals surface area contributed by atoms with E-state index in [4.69, 9.17) is 0 Å². The Hall–Kier alpha value is -2.11. The van der Waals surface area contributed by atoms with Gasteiger partial charge in [0.1, 0.15) is 5.82 Å². The van der Waals surface area contributed by atoms with Crippen molar-refractivity contribution in [3.05, 3.63) is 53.1 Å². The molecule has 0 saturated carbocycles. The molecule has 0 aliphatic heterocycles. The molecule has 0 fully saturated rings. The molecule has 1 aromatic heterocycles. The van der Waals surface area contributed by atoms with Crippen molar-refractivity contribution in [3.8, 4) is 0 Å². The Morgan fingerprint density at radius 1 is 1.15 bits per heavy atom. The summed E-state index contributed by atoms with van der Waals surface area (Å²) in [4.78, 5) is 8.15. The molecular weight excluding hydrogens is 267 g/mol. The van der Waals surface area contributed by atoms with Crippen molar-refractivity contribution in [2.24, 2.45) is 0 Å². The van der Waals surface area contributed by atoms with Gasteiger partial charge in [-0.1, -0.05) is 6.07 Å². The van der Waals surface area contributed by atoms with E-state index in [1.165, 1.54) is 13.0 Å². The second-order valence-corrected chi connectivity index (χ2v) is 4.48. The zero-order valence-corrected chi connectivity index (χ0v) is 11.1. The molecule has 0 aliphatic rings. The highest BCUT2D eigenvalue weighted by Crippen LogP contribution is 2.33. The first-order chi connectivity index (χ1) is 9.36. The lowest BCUT2D eigenvalue weighted by atomic mass is 10.1. The monoisotopic (exact) mass is 281 g/mol. The fourth-order valence-corrected chi connectivity index (χ4v) is 1.83. The Kier molecular flexibility index (Phi) is 3.92. The molecule has 3 nitrogen and oxygen atoms in total. The predicted octanol–water partition coefficient (Wildman–Crippen LogP) is 3.72. The van der Waals surface area contributed by atoms with E-state index >= 15 is 0 Å². The molecule has 0 atom stereocenters. The van der Waals surface area contributed by atoms with Crippen LogP contribution in [0, 0.1) is 13.8 Å². The molecule has 0 saturated heterocycles. The van der Waals surface area contributed by atoms with E-state index in [0.717, 1.165) is 11.8 Å². The molecule has 106 valence electrons. The number of nitrogens with one attached hydrogen (secondary N) is 1. The average molecular weight is 281 g/mol. The number of hydrogen-bond donors (Lipinski definition) is 1. The number of rotatable bonds is 3. The van der Waals surface area contributed by atoms with Gasteiger partial charge in [0.15, 0.2) is 0 Å². The molecule has 0 unspecified atom stereocenters. The summed E-state index contributed by atoms with van der Waals surface area (Å²) in [7, 11) is 0. The molecule has 0 amide bonds. The first kappa shape index (κ1) is 14.3. The van der Waals surface area contributed by atoms with Crippen molar-refractivity contribution >= 4 is 5.69 Å². The summed E-state index contributed by atoms with van der Waals surface area (Å²) in [6.07, 6.45) is -2.72. The van der Waals surface area contributed by atoms with Crippen LogP contribution in [0.15, 0.2) is 30.5 Å². The van der Waals surface area contributed by atoms with Gasteiger partial charge in [-0.15, -0.1) is 0 Å². The second kappa shape index (κ2) is 5.48. The quantitative estimate of drug-likeness (QED) is 0.931. The summed E-state index contributed by atoms with van der Waals surface area (Å²) in [5, 5.41) is 2.94. The molecule has 20 heavy (non-hydrogen) atoms. The summed E-state index contributed by atoms with van der Waals surface area (Å²) >= 11 is 0. The third-order valence-corrected chi connectivity index (χ3v) is 2.85. The first-order valence-corrected chi connectivity index (χ1v) is 6.06. The molecule has 6 heteroatoms. The van der Waals surface area contributed by atoms with E-state index in [-0.39, 0.29) is 5.56 Å². The second-order valence-electron chi connectivity index (χ2n) is 4.48. The van der Waals surface area contributed by atoms with Gasteiger partial charge in [-0.2, -0.15) is 13.2 Å². The number of anilines is 1. The van der Waals surface area contributed by atoms with E-state index in [0.29, 0.717) is 18.1 Å². The molecule has 1 aromatic carbocycles. The highest BCUT2D eigenvalue weighted by Gasteiger charge is 2.32. The van der Waals surface area contributed by atoms with Gasteiger partial charge in [0.05, 0.1) is 17.8 Å². The fourth-order valence-electron chi connectivity index (χ4n) is 1.83. The lowest BCUT2D eigenvalue weighted by Gasteiger charge is -2.13. The number of nitrogens with zero attached hydrogens (tertiary/aromatic N) is 2. The number of aromatic nitrogens is 2. The summed E-state index contributed by atoms with van der Waals surface area (Å²) < 4.78 is 38.4. The summed E-state index contributed by atoms with van der Waals surface area (Å²) in [6, 6.07) is 5.91. The van der Waals surface area contributed by atoms with Gasteiger partial charge in [-0.05, 0) is 37.6 Å². The Labute approximate surface area is 114 Å². The van der Waals surface area contributed by atoms with Crippen LogP contribution in [0.2, 0.25) is 0 Å². The molecule has 0 radical (unpaired) electrons. The van der Waals surface area contributed by atoms with E-state index in [9.17, 15) is 13.2 Å². The predicted molar refractivity (Wildman–Crippen MR) is 70.3 cm³/mol. The maximum Gasteiger partial charge on any atom is 0.416 e. The standard InChI is InChI=1S/C14H14F3N3/c1-9-3-4-11(7-13(9)14(15,16)17)19-8-12-5-6-18-10(2)20-12/h3-7,19H,8H2,1-2H3. The number of benzene rings is 1. The Balaban J connectivity index is 2.14. The van der Waals surface area contributed by atoms with Crippen LogP contribution in [-0.4, -0.2) is 9.97 Å². The summed E-state index contributed by atoms with van der Waals surface area (Å²) in [6.45, 7) is 3.56. The van der Waals surface area contributed by atoms with Crippen LogP contribution >= 0.6 is 0 Å². The van der Waals surface area contributed by atoms with Crippen molar-refractivity contribution in [3.63, 3.8) is 0 Å². The minimum Gasteiger partial charge on any atom is -0.379 e. The normalized spacial score (nSPS) is 11.4. The van der Waals surface area contributed by atoms with Crippen molar-refractivity contribution in [2.75, 3.05) is 5.32 Å². The van der Waals surface area contributed by atoms with Gasteiger partial charge >= 0.3 is 6.18 Å². The fraction of sp³-hybridized carbons (Fsp3) is 0.286. The van der Waals surface area contributed by atoms with Gasteiger partial charge in [0, 0.05) is 11.9 Å². The SMILES string of the molecule is Cc1nccc(CNc2ccc(C)c(C(F)(F)F)c2)n1. The van der Waals surface area contributed by atoms with Gasteiger partial charge in [0.2, 0.25) is 0 Å². The molecule has 0 spiro atoms. The lowest BCUT2D eigenvalue weighted by molar-refractivity contribution is -0.138. The summed E-state index contributed by atoms with van der Waals surface area (Å²) in [5.74, 6) is 0.629. The highest BCUT2D eigenvalue weighted by molar-refractivity contribution is 5.49. The first-order valence-electron chi connectivity index (χ1n) is 6.06. The molecule has 0 bridgehead atoms. The zero-order valence-electron chi connectivity index (χ0n) is 11.1. The third-order valence-electron chi connectivity index (χ3n) is 2.85. The van der Waals surface area contributed by atoms with E-state index < -0.39 is 11.7 Å². The van der Waals surface area contributed by atoms with E-state index in [2.05, 4.69) is 15.3 Å². The Morgan fingerprint density at radius 2 is 1.90 bits per heavy atom. The molecule has 1 N–H and O–H groups in total.